The summed E-state index contributed by atoms with van der Waals surface area (Å²) in [7, 11) is 0. The maximum Gasteiger partial charge on any atom is 0.131 e. The van der Waals surface area contributed by atoms with Crippen LogP contribution < -0.4 is 5.32 Å². The minimum Gasteiger partial charge on any atom is -0.305 e. The molecule has 2 rings (SSSR count). The van der Waals surface area contributed by atoms with Crippen molar-refractivity contribution in [3.63, 3.8) is 0 Å². The van der Waals surface area contributed by atoms with Crippen LogP contribution in [0.15, 0.2) is 24.4 Å². The van der Waals surface area contributed by atoms with Crippen LogP contribution in [0.3, 0.4) is 0 Å². The molecule has 0 bridgehead atoms. The van der Waals surface area contributed by atoms with Crippen LogP contribution in [0, 0.1) is 18.6 Å². The van der Waals surface area contributed by atoms with E-state index in [1.807, 2.05) is 24.6 Å². The van der Waals surface area contributed by atoms with E-state index in [9.17, 15) is 8.78 Å². The van der Waals surface area contributed by atoms with Crippen molar-refractivity contribution in [3.8, 4) is 0 Å². The van der Waals surface area contributed by atoms with Gasteiger partial charge in [-0.05, 0) is 38.1 Å². The molecule has 3 nitrogen and oxygen atoms in total. The first-order valence-electron chi connectivity index (χ1n) is 6.79. The van der Waals surface area contributed by atoms with Gasteiger partial charge >= 0.3 is 0 Å². The first-order chi connectivity index (χ1) is 9.58. The van der Waals surface area contributed by atoms with E-state index >= 15 is 0 Å². The van der Waals surface area contributed by atoms with Gasteiger partial charge < -0.3 is 5.32 Å². The Kier molecular flexibility index (Phi) is 4.49. The van der Waals surface area contributed by atoms with Crippen LogP contribution in [0.1, 0.15) is 36.7 Å². The predicted molar refractivity (Wildman–Crippen MR) is 74.5 cm³/mol. The molecule has 0 aliphatic heterocycles. The lowest BCUT2D eigenvalue weighted by Crippen LogP contribution is -2.26. The van der Waals surface area contributed by atoms with Gasteiger partial charge in [-0.2, -0.15) is 5.10 Å². The van der Waals surface area contributed by atoms with Crippen molar-refractivity contribution >= 4 is 0 Å². The molecular formula is C15H19F2N3. The SMILES string of the molecule is CCNC(c1cc(C)c(F)cc1F)c1ccnn1CC. The topological polar surface area (TPSA) is 29.9 Å². The highest BCUT2D eigenvalue weighted by atomic mass is 19.1. The number of halogens is 2. The summed E-state index contributed by atoms with van der Waals surface area (Å²) in [6, 6.07) is 4.03. The summed E-state index contributed by atoms with van der Waals surface area (Å²) >= 11 is 0. The number of aromatic nitrogens is 2. The van der Waals surface area contributed by atoms with E-state index in [1.165, 1.54) is 0 Å². The van der Waals surface area contributed by atoms with Crippen LogP contribution in [0.25, 0.3) is 0 Å². The minimum atomic E-state index is -0.539. The largest absolute Gasteiger partial charge is 0.305 e. The number of hydrogen-bond acceptors (Lipinski definition) is 2. The molecule has 5 heteroatoms. The van der Waals surface area contributed by atoms with Crippen molar-refractivity contribution in [3.05, 3.63) is 52.9 Å². The first-order valence-corrected chi connectivity index (χ1v) is 6.79. The van der Waals surface area contributed by atoms with Crippen LogP contribution in [-0.4, -0.2) is 16.3 Å². The smallest absolute Gasteiger partial charge is 0.131 e. The van der Waals surface area contributed by atoms with Gasteiger partial charge in [0.25, 0.3) is 0 Å². The Morgan fingerprint density at radius 3 is 2.65 bits per heavy atom. The zero-order chi connectivity index (χ0) is 14.7. The summed E-state index contributed by atoms with van der Waals surface area (Å²) in [5, 5.41) is 7.45. The fraction of sp³-hybridized carbons (Fsp3) is 0.400. The molecule has 1 atom stereocenters. The van der Waals surface area contributed by atoms with Gasteiger partial charge in [0, 0.05) is 24.4 Å². The molecule has 2 aromatic rings. The maximum absolute atomic E-state index is 14.1. The van der Waals surface area contributed by atoms with E-state index < -0.39 is 11.6 Å². The van der Waals surface area contributed by atoms with Gasteiger partial charge in [0.15, 0.2) is 0 Å². The van der Waals surface area contributed by atoms with Crippen molar-refractivity contribution in [1.82, 2.24) is 15.1 Å². The molecule has 0 fully saturated rings. The Labute approximate surface area is 117 Å². The third-order valence-corrected chi connectivity index (χ3v) is 3.34. The zero-order valence-electron chi connectivity index (χ0n) is 12.0. The molecule has 1 aromatic heterocycles. The van der Waals surface area contributed by atoms with E-state index in [-0.39, 0.29) is 6.04 Å². The molecule has 1 N–H and O–H groups in total. The summed E-state index contributed by atoms with van der Waals surface area (Å²) < 4.78 is 29.4. The second-order valence-electron chi connectivity index (χ2n) is 4.69. The van der Waals surface area contributed by atoms with E-state index in [1.54, 1.807) is 19.2 Å². The Hall–Kier alpha value is -1.75. The lowest BCUT2D eigenvalue weighted by atomic mass is 10.00. The van der Waals surface area contributed by atoms with Gasteiger partial charge in [-0.3, -0.25) is 4.68 Å². The Balaban J connectivity index is 2.51. The van der Waals surface area contributed by atoms with Crippen molar-refractivity contribution < 1.29 is 8.78 Å². The molecule has 0 saturated heterocycles. The molecule has 0 aliphatic carbocycles. The number of benzene rings is 1. The number of nitrogens with one attached hydrogen (secondary N) is 1. The molecule has 0 aliphatic rings. The summed E-state index contributed by atoms with van der Waals surface area (Å²) in [6.45, 7) is 6.94. The van der Waals surface area contributed by atoms with E-state index in [0.29, 0.717) is 24.2 Å². The standard InChI is InChI=1S/C15H19F2N3/c1-4-18-15(14-6-7-19-20(14)5-2)11-8-10(3)12(16)9-13(11)17/h6-9,15,18H,4-5H2,1-3H3. The minimum absolute atomic E-state index is 0.332. The maximum atomic E-state index is 14.1. The average Bonchev–Trinajstić information content (AvgIpc) is 2.88. The van der Waals surface area contributed by atoms with Crippen LogP contribution in [0.4, 0.5) is 8.78 Å². The normalized spacial score (nSPS) is 12.7. The molecule has 0 amide bonds. The lowest BCUT2D eigenvalue weighted by Gasteiger charge is -2.20. The first kappa shape index (κ1) is 14.7. The van der Waals surface area contributed by atoms with Crippen molar-refractivity contribution in [2.75, 3.05) is 6.54 Å². The predicted octanol–water partition coefficient (Wildman–Crippen LogP) is 3.19. The fourth-order valence-electron chi connectivity index (χ4n) is 2.33. The highest BCUT2D eigenvalue weighted by Crippen LogP contribution is 2.26. The van der Waals surface area contributed by atoms with Crippen molar-refractivity contribution in [2.45, 2.75) is 33.4 Å². The van der Waals surface area contributed by atoms with Crippen molar-refractivity contribution in [1.29, 1.82) is 0 Å². The van der Waals surface area contributed by atoms with E-state index in [2.05, 4.69) is 10.4 Å². The molecule has 108 valence electrons. The third kappa shape index (κ3) is 2.72. The summed E-state index contributed by atoms with van der Waals surface area (Å²) in [6.07, 6.45) is 1.69. The summed E-state index contributed by atoms with van der Waals surface area (Å²) in [5.41, 5.74) is 1.76. The molecular weight excluding hydrogens is 260 g/mol. The van der Waals surface area contributed by atoms with Crippen LogP contribution >= 0.6 is 0 Å². The quantitative estimate of drug-likeness (QED) is 0.911. The van der Waals surface area contributed by atoms with Gasteiger partial charge in [-0.25, -0.2) is 8.78 Å². The lowest BCUT2D eigenvalue weighted by molar-refractivity contribution is 0.507. The number of hydrogen-bond donors (Lipinski definition) is 1. The number of nitrogens with zero attached hydrogens (tertiary/aromatic N) is 2. The van der Waals surface area contributed by atoms with Crippen LogP contribution in [0.2, 0.25) is 0 Å². The Bertz CT molecular complexity index is 593. The molecule has 1 unspecified atom stereocenters. The molecule has 0 radical (unpaired) electrons. The second-order valence-corrected chi connectivity index (χ2v) is 4.69. The molecule has 0 saturated carbocycles. The zero-order valence-corrected chi connectivity index (χ0v) is 12.0. The van der Waals surface area contributed by atoms with E-state index in [4.69, 9.17) is 0 Å². The molecule has 1 heterocycles. The summed E-state index contributed by atoms with van der Waals surface area (Å²) in [5.74, 6) is -1.06. The average molecular weight is 279 g/mol. The van der Waals surface area contributed by atoms with Gasteiger partial charge in [-0.15, -0.1) is 0 Å². The van der Waals surface area contributed by atoms with E-state index in [0.717, 1.165) is 11.8 Å². The third-order valence-electron chi connectivity index (χ3n) is 3.34. The Morgan fingerprint density at radius 2 is 2.00 bits per heavy atom. The highest BCUT2D eigenvalue weighted by molar-refractivity contribution is 5.33. The molecule has 20 heavy (non-hydrogen) atoms. The van der Waals surface area contributed by atoms with Gasteiger partial charge in [0.1, 0.15) is 11.6 Å². The van der Waals surface area contributed by atoms with Crippen molar-refractivity contribution in [2.24, 2.45) is 0 Å². The Morgan fingerprint density at radius 1 is 1.25 bits per heavy atom. The molecule has 0 spiro atoms. The van der Waals surface area contributed by atoms with Crippen LogP contribution in [-0.2, 0) is 6.54 Å². The fourth-order valence-corrected chi connectivity index (χ4v) is 2.33. The number of aryl methyl sites for hydroxylation is 2. The summed E-state index contributed by atoms with van der Waals surface area (Å²) in [4.78, 5) is 0. The van der Waals surface area contributed by atoms with Gasteiger partial charge in [0.2, 0.25) is 0 Å². The monoisotopic (exact) mass is 279 g/mol. The van der Waals surface area contributed by atoms with Crippen LogP contribution in [0.5, 0.6) is 0 Å². The van der Waals surface area contributed by atoms with Gasteiger partial charge in [0.05, 0.1) is 11.7 Å². The molecule has 1 aromatic carbocycles. The van der Waals surface area contributed by atoms with Gasteiger partial charge in [-0.1, -0.05) is 6.92 Å². The number of rotatable bonds is 5. The highest BCUT2D eigenvalue weighted by Gasteiger charge is 2.21. The second kappa shape index (κ2) is 6.13.